The average Bonchev–Trinajstić information content (AvgIpc) is 2.77. The van der Waals surface area contributed by atoms with Gasteiger partial charge in [0, 0.05) is 29.6 Å². The Morgan fingerprint density at radius 1 is 1.33 bits per heavy atom. The van der Waals surface area contributed by atoms with Gasteiger partial charge in [-0.1, -0.05) is 18.2 Å². The van der Waals surface area contributed by atoms with Crippen LogP contribution in [0, 0.1) is 10.1 Å². The number of nitro groups is 1. The molecule has 0 radical (unpaired) electrons. The predicted molar refractivity (Wildman–Crippen MR) is 69.2 cm³/mol. The molecular weight excluding hydrogens is 230 g/mol. The SMILES string of the molecule is CC(N)c1cccn1Cc1ccccc1[N+](=O)[O-]. The van der Waals surface area contributed by atoms with E-state index in [9.17, 15) is 10.1 Å². The highest BCUT2D eigenvalue weighted by atomic mass is 16.6. The zero-order chi connectivity index (χ0) is 13.1. The Bertz CT molecular complexity index is 561. The van der Waals surface area contributed by atoms with Crippen LogP contribution in [0.25, 0.3) is 0 Å². The molecule has 0 aliphatic carbocycles. The van der Waals surface area contributed by atoms with Gasteiger partial charge in [0.15, 0.2) is 0 Å². The zero-order valence-corrected chi connectivity index (χ0v) is 10.1. The van der Waals surface area contributed by atoms with E-state index in [0.29, 0.717) is 12.1 Å². The quantitative estimate of drug-likeness (QED) is 0.664. The van der Waals surface area contributed by atoms with Crippen LogP contribution in [0.4, 0.5) is 5.69 Å². The van der Waals surface area contributed by atoms with Gasteiger partial charge < -0.3 is 10.3 Å². The maximum atomic E-state index is 10.9. The number of benzene rings is 1. The second kappa shape index (κ2) is 5.01. The first-order chi connectivity index (χ1) is 8.59. The van der Waals surface area contributed by atoms with Gasteiger partial charge in [-0.2, -0.15) is 0 Å². The summed E-state index contributed by atoms with van der Waals surface area (Å²) in [6, 6.07) is 10.5. The number of nitrogens with zero attached hydrogens (tertiary/aromatic N) is 2. The van der Waals surface area contributed by atoms with E-state index in [1.807, 2.05) is 29.8 Å². The molecule has 5 nitrogen and oxygen atoms in total. The Morgan fingerprint density at radius 3 is 2.72 bits per heavy atom. The van der Waals surface area contributed by atoms with E-state index in [1.165, 1.54) is 6.07 Å². The van der Waals surface area contributed by atoms with Crippen molar-refractivity contribution in [2.75, 3.05) is 0 Å². The van der Waals surface area contributed by atoms with Gasteiger partial charge in [-0.05, 0) is 19.1 Å². The van der Waals surface area contributed by atoms with Crippen molar-refractivity contribution in [1.29, 1.82) is 0 Å². The molecule has 2 N–H and O–H groups in total. The van der Waals surface area contributed by atoms with Crippen molar-refractivity contribution in [1.82, 2.24) is 4.57 Å². The Morgan fingerprint density at radius 2 is 2.06 bits per heavy atom. The van der Waals surface area contributed by atoms with E-state index in [2.05, 4.69) is 0 Å². The molecule has 5 heteroatoms. The third-order valence-corrected chi connectivity index (χ3v) is 2.86. The highest BCUT2D eigenvalue weighted by molar-refractivity contribution is 5.40. The fourth-order valence-electron chi connectivity index (χ4n) is 1.99. The summed E-state index contributed by atoms with van der Waals surface area (Å²) in [5.41, 5.74) is 7.64. The molecule has 2 aromatic rings. The fraction of sp³-hybridized carbons (Fsp3) is 0.231. The molecule has 0 fully saturated rings. The first kappa shape index (κ1) is 12.3. The lowest BCUT2D eigenvalue weighted by Gasteiger charge is -2.12. The van der Waals surface area contributed by atoms with Crippen LogP contribution in [0.15, 0.2) is 42.6 Å². The molecule has 1 heterocycles. The molecule has 94 valence electrons. The van der Waals surface area contributed by atoms with Gasteiger partial charge in [0.2, 0.25) is 0 Å². The molecular formula is C13H15N3O2. The Hall–Kier alpha value is -2.14. The minimum Gasteiger partial charge on any atom is -0.345 e. The van der Waals surface area contributed by atoms with Gasteiger partial charge in [-0.15, -0.1) is 0 Å². The molecule has 0 aliphatic rings. The molecule has 0 saturated carbocycles. The van der Waals surface area contributed by atoms with Crippen LogP contribution < -0.4 is 5.73 Å². The monoisotopic (exact) mass is 245 g/mol. The second-order valence-corrected chi connectivity index (χ2v) is 4.24. The van der Waals surface area contributed by atoms with Gasteiger partial charge in [0.05, 0.1) is 11.5 Å². The van der Waals surface area contributed by atoms with E-state index in [0.717, 1.165) is 5.69 Å². The Labute approximate surface area is 105 Å². The predicted octanol–water partition coefficient (Wildman–Crippen LogP) is 2.46. The molecule has 0 bridgehead atoms. The molecule has 1 aromatic carbocycles. The van der Waals surface area contributed by atoms with E-state index in [-0.39, 0.29) is 16.7 Å². The molecule has 2 rings (SSSR count). The van der Waals surface area contributed by atoms with Crippen LogP contribution in [0.2, 0.25) is 0 Å². The summed E-state index contributed by atoms with van der Waals surface area (Å²) in [5, 5.41) is 10.9. The standard InChI is InChI=1S/C13H15N3O2/c1-10(14)12-7-4-8-15(12)9-11-5-2-3-6-13(11)16(17)18/h2-8,10H,9,14H2,1H3. The van der Waals surface area contributed by atoms with Crippen LogP contribution >= 0.6 is 0 Å². The second-order valence-electron chi connectivity index (χ2n) is 4.24. The molecule has 0 saturated heterocycles. The van der Waals surface area contributed by atoms with Crippen LogP contribution in [0.1, 0.15) is 24.2 Å². The average molecular weight is 245 g/mol. The maximum absolute atomic E-state index is 10.9. The fourth-order valence-corrected chi connectivity index (χ4v) is 1.99. The molecule has 0 spiro atoms. The van der Waals surface area contributed by atoms with Gasteiger partial charge in [0.25, 0.3) is 5.69 Å². The summed E-state index contributed by atoms with van der Waals surface area (Å²) in [5.74, 6) is 0. The lowest BCUT2D eigenvalue weighted by molar-refractivity contribution is -0.385. The van der Waals surface area contributed by atoms with Crippen molar-refractivity contribution in [3.8, 4) is 0 Å². The van der Waals surface area contributed by atoms with Crippen molar-refractivity contribution >= 4 is 5.69 Å². The van der Waals surface area contributed by atoms with Gasteiger partial charge >= 0.3 is 0 Å². The van der Waals surface area contributed by atoms with E-state index < -0.39 is 0 Å². The smallest absolute Gasteiger partial charge is 0.274 e. The third kappa shape index (κ3) is 2.41. The summed E-state index contributed by atoms with van der Waals surface area (Å²) in [7, 11) is 0. The van der Waals surface area contributed by atoms with Crippen LogP contribution in [0.3, 0.4) is 0 Å². The molecule has 18 heavy (non-hydrogen) atoms. The topological polar surface area (TPSA) is 74.1 Å². The summed E-state index contributed by atoms with van der Waals surface area (Å²) >= 11 is 0. The van der Waals surface area contributed by atoms with Crippen molar-refractivity contribution in [3.63, 3.8) is 0 Å². The van der Waals surface area contributed by atoms with E-state index >= 15 is 0 Å². The highest BCUT2D eigenvalue weighted by Gasteiger charge is 2.14. The number of para-hydroxylation sites is 1. The van der Waals surface area contributed by atoms with Crippen molar-refractivity contribution < 1.29 is 4.92 Å². The summed E-state index contributed by atoms with van der Waals surface area (Å²) in [4.78, 5) is 10.6. The molecule has 1 aromatic heterocycles. The molecule has 0 aliphatic heterocycles. The van der Waals surface area contributed by atoms with Gasteiger partial charge in [-0.25, -0.2) is 0 Å². The number of nitrogens with two attached hydrogens (primary N) is 1. The van der Waals surface area contributed by atoms with Gasteiger partial charge in [-0.3, -0.25) is 10.1 Å². The normalized spacial score (nSPS) is 12.3. The van der Waals surface area contributed by atoms with Crippen LogP contribution in [-0.4, -0.2) is 9.49 Å². The van der Waals surface area contributed by atoms with E-state index in [1.54, 1.807) is 18.2 Å². The summed E-state index contributed by atoms with van der Waals surface area (Å²) in [6.07, 6.45) is 1.88. The Kier molecular flexibility index (Phi) is 3.43. The summed E-state index contributed by atoms with van der Waals surface area (Å²) < 4.78 is 1.94. The molecule has 1 atom stereocenters. The largest absolute Gasteiger partial charge is 0.345 e. The Balaban J connectivity index is 2.34. The first-order valence-electron chi connectivity index (χ1n) is 5.72. The van der Waals surface area contributed by atoms with Crippen LogP contribution in [-0.2, 0) is 6.54 Å². The van der Waals surface area contributed by atoms with Crippen LogP contribution in [0.5, 0.6) is 0 Å². The number of aromatic nitrogens is 1. The van der Waals surface area contributed by atoms with E-state index in [4.69, 9.17) is 5.73 Å². The number of hydrogen-bond acceptors (Lipinski definition) is 3. The minimum atomic E-state index is -0.357. The minimum absolute atomic E-state index is 0.0947. The van der Waals surface area contributed by atoms with Crippen molar-refractivity contribution in [2.45, 2.75) is 19.5 Å². The number of hydrogen-bond donors (Lipinski definition) is 1. The number of nitro benzene ring substituents is 1. The number of rotatable bonds is 4. The molecule has 0 amide bonds. The summed E-state index contributed by atoms with van der Waals surface area (Å²) in [6.45, 7) is 2.35. The third-order valence-electron chi connectivity index (χ3n) is 2.86. The molecule has 1 unspecified atom stereocenters. The highest BCUT2D eigenvalue weighted by Crippen LogP contribution is 2.20. The van der Waals surface area contributed by atoms with Crippen molar-refractivity contribution in [2.24, 2.45) is 5.73 Å². The first-order valence-corrected chi connectivity index (χ1v) is 5.72. The van der Waals surface area contributed by atoms with Crippen molar-refractivity contribution in [3.05, 3.63) is 64.0 Å². The lowest BCUT2D eigenvalue weighted by atomic mass is 10.1. The van der Waals surface area contributed by atoms with Gasteiger partial charge in [0.1, 0.15) is 0 Å². The zero-order valence-electron chi connectivity index (χ0n) is 10.1. The maximum Gasteiger partial charge on any atom is 0.274 e. The lowest BCUT2D eigenvalue weighted by Crippen LogP contribution is -2.13.